The molecule has 2 atom stereocenters. The van der Waals surface area contributed by atoms with E-state index in [4.69, 9.17) is 11.6 Å². The Balaban J connectivity index is 2.14. The predicted octanol–water partition coefficient (Wildman–Crippen LogP) is 0.509. The molecule has 0 N–H and O–H groups in total. The number of β-lactam (4-membered cyclic amide) rings is 1. The Kier molecular flexibility index (Phi) is 1.17. The Morgan fingerprint density at radius 3 is 3.22 bits per heavy atom. The van der Waals surface area contributed by atoms with Crippen molar-refractivity contribution in [2.75, 3.05) is 12.3 Å². The predicted molar refractivity (Wildman–Crippen MR) is 37.6 cm³/mol. The standard InChI is InChI=1S/C5H6ClNOS/c6-3-4(8)7-1-2-9-5(3)7/h3,5H,1-2H2/t3?,5-/m1/s1. The van der Waals surface area contributed by atoms with Gasteiger partial charge in [-0.05, 0) is 0 Å². The van der Waals surface area contributed by atoms with Gasteiger partial charge in [-0.3, -0.25) is 4.79 Å². The number of hydrogen-bond donors (Lipinski definition) is 0. The smallest absolute Gasteiger partial charge is 0.244 e. The second-order valence-corrected chi connectivity index (χ2v) is 3.89. The summed E-state index contributed by atoms with van der Waals surface area (Å²) in [5.74, 6) is 1.17. The van der Waals surface area contributed by atoms with Gasteiger partial charge in [0.1, 0.15) is 10.8 Å². The first-order valence-electron chi connectivity index (χ1n) is 2.87. The van der Waals surface area contributed by atoms with E-state index in [0.717, 1.165) is 12.3 Å². The van der Waals surface area contributed by atoms with Gasteiger partial charge in [0.15, 0.2) is 0 Å². The van der Waals surface area contributed by atoms with Gasteiger partial charge in [0.05, 0.1) is 0 Å². The molecule has 0 radical (unpaired) electrons. The number of amides is 1. The molecule has 9 heavy (non-hydrogen) atoms. The quantitative estimate of drug-likeness (QED) is 0.383. The van der Waals surface area contributed by atoms with Crippen molar-refractivity contribution in [3.63, 3.8) is 0 Å². The van der Waals surface area contributed by atoms with Crippen LogP contribution in [0, 0.1) is 0 Å². The summed E-state index contributed by atoms with van der Waals surface area (Å²) in [4.78, 5) is 12.7. The third-order valence-corrected chi connectivity index (χ3v) is 3.56. The molecule has 2 aliphatic heterocycles. The lowest BCUT2D eigenvalue weighted by Gasteiger charge is -2.37. The second-order valence-electron chi connectivity index (χ2n) is 2.19. The molecule has 50 valence electrons. The maximum atomic E-state index is 10.8. The van der Waals surface area contributed by atoms with E-state index in [1.54, 1.807) is 11.8 Å². The molecule has 0 aromatic rings. The van der Waals surface area contributed by atoms with Crippen molar-refractivity contribution in [2.45, 2.75) is 10.8 Å². The lowest BCUT2D eigenvalue weighted by Crippen LogP contribution is -2.57. The summed E-state index contributed by atoms with van der Waals surface area (Å²) in [5.41, 5.74) is 0. The largest absolute Gasteiger partial charge is 0.326 e. The van der Waals surface area contributed by atoms with Gasteiger partial charge in [0, 0.05) is 12.3 Å². The summed E-state index contributed by atoms with van der Waals surface area (Å²) in [7, 11) is 0. The minimum atomic E-state index is -0.225. The van der Waals surface area contributed by atoms with Crippen molar-refractivity contribution in [3.05, 3.63) is 0 Å². The number of nitrogens with zero attached hydrogens (tertiary/aromatic N) is 1. The highest BCUT2D eigenvalue weighted by molar-refractivity contribution is 8.00. The molecule has 0 bridgehead atoms. The first-order chi connectivity index (χ1) is 4.30. The number of rotatable bonds is 0. The van der Waals surface area contributed by atoms with Crippen LogP contribution in [0.1, 0.15) is 0 Å². The maximum absolute atomic E-state index is 10.8. The summed E-state index contributed by atoms with van der Waals surface area (Å²) < 4.78 is 0. The molecule has 2 nitrogen and oxygen atoms in total. The van der Waals surface area contributed by atoms with Crippen LogP contribution < -0.4 is 0 Å². The van der Waals surface area contributed by atoms with Crippen molar-refractivity contribution >= 4 is 29.3 Å². The third kappa shape index (κ3) is 0.619. The number of hydrogen-bond acceptors (Lipinski definition) is 2. The number of thioether (sulfide) groups is 1. The molecule has 2 fully saturated rings. The van der Waals surface area contributed by atoms with Crippen LogP contribution in [0.3, 0.4) is 0 Å². The van der Waals surface area contributed by atoms with Gasteiger partial charge in [-0.25, -0.2) is 0 Å². The highest BCUT2D eigenvalue weighted by Crippen LogP contribution is 2.38. The van der Waals surface area contributed by atoms with Crippen LogP contribution in [0.2, 0.25) is 0 Å². The SMILES string of the molecule is O=C1C(Cl)[C@H]2SCCN12. The molecule has 4 heteroatoms. The van der Waals surface area contributed by atoms with Crippen LogP contribution in [-0.2, 0) is 4.79 Å². The highest BCUT2D eigenvalue weighted by Gasteiger charge is 2.49. The molecule has 0 aromatic heterocycles. The Hall–Kier alpha value is 0.110. The number of halogens is 1. The van der Waals surface area contributed by atoms with Crippen LogP contribution in [0.4, 0.5) is 0 Å². The third-order valence-electron chi connectivity index (χ3n) is 1.70. The molecule has 1 amide bonds. The Bertz CT molecular complexity index is 163. The van der Waals surface area contributed by atoms with Crippen LogP contribution in [0.15, 0.2) is 0 Å². The molecule has 1 unspecified atom stereocenters. The fraction of sp³-hybridized carbons (Fsp3) is 0.800. The van der Waals surface area contributed by atoms with Gasteiger partial charge >= 0.3 is 0 Å². The normalized spacial score (nSPS) is 40.6. The second kappa shape index (κ2) is 1.80. The van der Waals surface area contributed by atoms with Crippen LogP contribution in [0.25, 0.3) is 0 Å². The molecule has 0 aliphatic carbocycles. The number of carbonyl (C=O) groups excluding carboxylic acids is 1. The van der Waals surface area contributed by atoms with E-state index in [2.05, 4.69) is 0 Å². The lowest BCUT2D eigenvalue weighted by molar-refractivity contribution is -0.139. The van der Waals surface area contributed by atoms with E-state index in [1.165, 1.54) is 0 Å². The van der Waals surface area contributed by atoms with E-state index in [1.807, 2.05) is 4.90 Å². The lowest BCUT2D eigenvalue weighted by atomic mass is 10.2. The van der Waals surface area contributed by atoms with Crippen molar-refractivity contribution < 1.29 is 4.79 Å². The molecule has 0 spiro atoms. The molecule has 2 saturated heterocycles. The van der Waals surface area contributed by atoms with Gasteiger partial charge < -0.3 is 4.90 Å². The van der Waals surface area contributed by atoms with E-state index in [9.17, 15) is 4.79 Å². The van der Waals surface area contributed by atoms with Gasteiger partial charge in [-0.15, -0.1) is 23.4 Å². The molecule has 2 rings (SSSR count). The molecule has 2 aliphatic rings. The number of alkyl halides is 1. The van der Waals surface area contributed by atoms with Crippen molar-refractivity contribution in [1.82, 2.24) is 4.90 Å². The fourth-order valence-electron chi connectivity index (χ4n) is 1.17. The number of fused-ring (bicyclic) bond motifs is 1. The minimum absolute atomic E-state index is 0.117. The maximum Gasteiger partial charge on any atom is 0.244 e. The van der Waals surface area contributed by atoms with E-state index < -0.39 is 0 Å². The zero-order valence-electron chi connectivity index (χ0n) is 4.71. The average Bonchev–Trinajstić information content (AvgIpc) is 2.30. The Morgan fingerprint density at radius 1 is 1.78 bits per heavy atom. The Morgan fingerprint density at radius 2 is 2.56 bits per heavy atom. The van der Waals surface area contributed by atoms with Crippen LogP contribution in [0.5, 0.6) is 0 Å². The van der Waals surface area contributed by atoms with E-state index in [-0.39, 0.29) is 11.3 Å². The van der Waals surface area contributed by atoms with Crippen molar-refractivity contribution in [3.8, 4) is 0 Å². The Labute approximate surface area is 62.5 Å². The van der Waals surface area contributed by atoms with E-state index in [0.29, 0.717) is 5.37 Å². The summed E-state index contributed by atoms with van der Waals surface area (Å²) in [6.07, 6.45) is 0. The summed E-state index contributed by atoms with van der Waals surface area (Å²) >= 11 is 7.47. The van der Waals surface area contributed by atoms with Gasteiger partial charge in [-0.1, -0.05) is 0 Å². The molecular formula is C5H6ClNOS. The molecule has 2 heterocycles. The van der Waals surface area contributed by atoms with Crippen molar-refractivity contribution in [1.29, 1.82) is 0 Å². The van der Waals surface area contributed by atoms with Gasteiger partial charge in [-0.2, -0.15) is 0 Å². The zero-order valence-corrected chi connectivity index (χ0v) is 6.28. The van der Waals surface area contributed by atoms with Crippen molar-refractivity contribution in [2.24, 2.45) is 0 Å². The van der Waals surface area contributed by atoms with Gasteiger partial charge in [0.2, 0.25) is 5.91 Å². The minimum Gasteiger partial charge on any atom is -0.326 e. The molecule has 0 saturated carbocycles. The summed E-state index contributed by atoms with van der Waals surface area (Å²) in [5, 5.41) is 0.0802. The summed E-state index contributed by atoms with van der Waals surface area (Å²) in [6, 6.07) is 0. The highest BCUT2D eigenvalue weighted by atomic mass is 35.5. The summed E-state index contributed by atoms with van der Waals surface area (Å²) in [6.45, 7) is 0.900. The zero-order chi connectivity index (χ0) is 6.43. The fourth-order valence-corrected chi connectivity index (χ4v) is 2.86. The topological polar surface area (TPSA) is 20.3 Å². The monoisotopic (exact) mass is 163 g/mol. The average molecular weight is 164 g/mol. The first kappa shape index (κ1) is 5.86. The number of carbonyl (C=O) groups is 1. The van der Waals surface area contributed by atoms with Crippen LogP contribution in [-0.4, -0.2) is 33.9 Å². The molecule has 0 aromatic carbocycles. The molecular weight excluding hydrogens is 158 g/mol. The first-order valence-corrected chi connectivity index (χ1v) is 4.35. The van der Waals surface area contributed by atoms with Gasteiger partial charge in [0.25, 0.3) is 0 Å². The van der Waals surface area contributed by atoms with Crippen LogP contribution >= 0.6 is 23.4 Å². The van der Waals surface area contributed by atoms with E-state index >= 15 is 0 Å².